The van der Waals surface area contributed by atoms with Crippen molar-refractivity contribution in [2.24, 2.45) is 0 Å². The molecule has 1 atom stereocenters. The van der Waals surface area contributed by atoms with Gasteiger partial charge in [-0.05, 0) is 20.8 Å². The van der Waals surface area contributed by atoms with Crippen LogP contribution < -0.4 is 0 Å². The maximum Gasteiger partial charge on any atom is 0.409 e. The van der Waals surface area contributed by atoms with E-state index in [9.17, 15) is 4.79 Å². The van der Waals surface area contributed by atoms with Crippen LogP contribution in [0.4, 0.5) is 4.79 Å². The molecule has 0 aliphatic carbocycles. The summed E-state index contributed by atoms with van der Waals surface area (Å²) in [5.74, 6) is 0. The molecule has 0 spiro atoms. The van der Waals surface area contributed by atoms with Crippen molar-refractivity contribution in [3.05, 3.63) is 0 Å². The molecule has 1 amide bonds. The first-order valence-electron chi connectivity index (χ1n) is 5.19. The van der Waals surface area contributed by atoms with Gasteiger partial charge >= 0.3 is 6.09 Å². The van der Waals surface area contributed by atoms with Crippen LogP contribution >= 0.6 is 0 Å². The number of hydrogen-bond acceptors (Lipinski definition) is 4. The highest BCUT2D eigenvalue weighted by Gasteiger charge is 2.35. The van der Waals surface area contributed by atoms with Crippen molar-refractivity contribution in [2.75, 3.05) is 26.3 Å². The lowest BCUT2D eigenvalue weighted by Crippen LogP contribution is -2.55. The van der Waals surface area contributed by atoms with Crippen molar-refractivity contribution >= 4 is 6.09 Å². The number of amides is 1. The minimum absolute atomic E-state index is 0.0840. The predicted molar refractivity (Wildman–Crippen MR) is 54.6 cm³/mol. The summed E-state index contributed by atoms with van der Waals surface area (Å²) in [5.41, 5.74) is -0.432. The van der Waals surface area contributed by atoms with E-state index in [1.54, 1.807) is 11.8 Å². The van der Waals surface area contributed by atoms with Crippen molar-refractivity contribution in [3.63, 3.8) is 0 Å². The van der Waals surface area contributed by atoms with Gasteiger partial charge in [0.1, 0.15) is 0 Å². The van der Waals surface area contributed by atoms with Crippen molar-refractivity contribution in [3.8, 4) is 0 Å². The van der Waals surface area contributed by atoms with E-state index in [0.717, 1.165) is 0 Å². The Bertz CT molecular complexity index is 229. The molecule has 88 valence electrons. The minimum Gasteiger partial charge on any atom is -0.450 e. The van der Waals surface area contributed by atoms with Gasteiger partial charge in [-0.15, -0.1) is 0 Å². The molecule has 0 aromatic rings. The minimum atomic E-state index is -0.432. The lowest BCUT2D eigenvalue weighted by molar-refractivity contribution is -0.142. The second-order valence-electron chi connectivity index (χ2n) is 4.26. The first-order valence-corrected chi connectivity index (χ1v) is 5.19. The van der Waals surface area contributed by atoms with Gasteiger partial charge in [0.05, 0.1) is 38.0 Å². The smallest absolute Gasteiger partial charge is 0.409 e. The molecule has 0 radical (unpaired) electrons. The molecule has 1 aliphatic rings. The number of morpholine rings is 1. The summed E-state index contributed by atoms with van der Waals surface area (Å²) in [6, 6.07) is 0. The summed E-state index contributed by atoms with van der Waals surface area (Å²) >= 11 is 0. The summed E-state index contributed by atoms with van der Waals surface area (Å²) < 4.78 is 10.5. The third-order valence-corrected chi connectivity index (χ3v) is 2.21. The summed E-state index contributed by atoms with van der Waals surface area (Å²) in [6.07, 6.45) is -0.662. The number of carbonyl (C=O) groups excluding carboxylic acids is 1. The van der Waals surface area contributed by atoms with E-state index in [4.69, 9.17) is 14.6 Å². The van der Waals surface area contributed by atoms with Crippen LogP contribution in [0, 0.1) is 0 Å². The van der Waals surface area contributed by atoms with E-state index in [-0.39, 0.29) is 18.8 Å². The molecule has 1 N–H and O–H groups in total. The van der Waals surface area contributed by atoms with Crippen molar-refractivity contribution in [1.29, 1.82) is 0 Å². The van der Waals surface area contributed by atoms with Crippen LogP contribution in [0.1, 0.15) is 20.8 Å². The van der Waals surface area contributed by atoms with E-state index in [1.165, 1.54) is 0 Å². The Morgan fingerprint density at radius 2 is 2.33 bits per heavy atom. The number of aliphatic hydroxyl groups is 1. The quantitative estimate of drug-likeness (QED) is 0.736. The van der Waals surface area contributed by atoms with E-state index >= 15 is 0 Å². The molecule has 15 heavy (non-hydrogen) atoms. The van der Waals surface area contributed by atoms with Crippen molar-refractivity contribution in [2.45, 2.75) is 32.5 Å². The maximum absolute atomic E-state index is 11.5. The maximum atomic E-state index is 11.5. The largest absolute Gasteiger partial charge is 0.450 e. The Balaban J connectivity index is 2.61. The lowest BCUT2D eigenvalue weighted by Gasteiger charge is -2.41. The molecule has 0 bridgehead atoms. The van der Waals surface area contributed by atoms with Crippen molar-refractivity contribution < 1.29 is 19.4 Å². The highest BCUT2D eigenvalue weighted by Crippen LogP contribution is 2.21. The van der Waals surface area contributed by atoms with Crippen LogP contribution in [0.3, 0.4) is 0 Å². The van der Waals surface area contributed by atoms with Crippen LogP contribution in [-0.2, 0) is 9.47 Å². The molecular weight excluding hydrogens is 198 g/mol. The normalized spacial score (nSPS) is 25.1. The first-order chi connectivity index (χ1) is 6.98. The third kappa shape index (κ3) is 3.35. The molecule has 1 unspecified atom stereocenters. The number of aliphatic hydroxyl groups excluding tert-OH is 1. The van der Waals surface area contributed by atoms with Gasteiger partial charge in [0.25, 0.3) is 0 Å². The average molecular weight is 217 g/mol. The van der Waals surface area contributed by atoms with Gasteiger partial charge < -0.3 is 19.5 Å². The Hall–Kier alpha value is -0.810. The Morgan fingerprint density at radius 1 is 1.67 bits per heavy atom. The highest BCUT2D eigenvalue weighted by atomic mass is 16.6. The van der Waals surface area contributed by atoms with Gasteiger partial charge in [0, 0.05) is 0 Å². The van der Waals surface area contributed by atoms with Gasteiger partial charge in [-0.1, -0.05) is 0 Å². The zero-order valence-electron chi connectivity index (χ0n) is 9.52. The fourth-order valence-electron chi connectivity index (χ4n) is 1.74. The number of carbonyl (C=O) groups is 1. The molecular formula is C10H19NO4. The zero-order valence-corrected chi connectivity index (χ0v) is 9.52. The molecule has 1 fully saturated rings. The zero-order chi connectivity index (χ0) is 11.5. The predicted octanol–water partition coefficient (Wildman–Crippen LogP) is 0.615. The van der Waals surface area contributed by atoms with E-state index in [2.05, 4.69) is 0 Å². The Labute approximate surface area is 90.0 Å². The van der Waals surface area contributed by atoms with Gasteiger partial charge in [-0.25, -0.2) is 4.79 Å². The van der Waals surface area contributed by atoms with Gasteiger partial charge in [-0.3, -0.25) is 0 Å². The fraction of sp³-hybridized carbons (Fsp3) is 0.900. The standard InChI is InChI=1S/C10H19NO4/c1-4-14-9(13)11-5-8(6-12)15-10(2,3)7-11/h8,12H,4-7H2,1-3H3. The first kappa shape index (κ1) is 12.3. The Morgan fingerprint density at radius 3 is 2.87 bits per heavy atom. The van der Waals surface area contributed by atoms with Gasteiger partial charge in [0.15, 0.2) is 0 Å². The fourth-order valence-corrected chi connectivity index (χ4v) is 1.74. The molecule has 1 heterocycles. The topological polar surface area (TPSA) is 59.0 Å². The van der Waals surface area contributed by atoms with E-state index in [1.807, 2.05) is 13.8 Å². The van der Waals surface area contributed by atoms with Crippen LogP contribution in [0.15, 0.2) is 0 Å². The van der Waals surface area contributed by atoms with Gasteiger partial charge in [-0.2, -0.15) is 0 Å². The molecule has 1 rings (SSSR count). The molecule has 5 heteroatoms. The van der Waals surface area contributed by atoms with Crippen LogP contribution in [0.25, 0.3) is 0 Å². The number of nitrogens with zero attached hydrogens (tertiary/aromatic N) is 1. The molecule has 0 aromatic heterocycles. The van der Waals surface area contributed by atoms with Crippen LogP contribution in [-0.4, -0.2) is 54.1 Å². The molecule has 0 aromatic carbocycles. The summed E-state index contributed by atoms with van der Waals surface area (Å²) in [6.45, 7) is 6.70. The van der Waals surface area contributed by atoms with Crippen molar-refractivity contribution in [1.82, 2.24) is 4.90 Å². The molecule has 1 aliphatic heterocycles. The molecule has 1 saturated heterocycles. The highest BCUT2D eigenvalue weighted by molar-refractivity contribution is 5.67. The van der Waals surface area contributed by atoms with E-state index < -0.39 is 5.60 Å². The third-order valence-electron chi connectivity index (χ3n) is 2.21. The Kier molecular flexibility index (Phi) is 3.93. The summed E-state index contributed by atoms with van der Waals surface area (Å²) in [7, 11) is 0. The number of rotatable bonds is 2. The number of ether oxygens (including phenoxy) is 2. The second-order valence-corrected chi connectivity index (χ2v) is 4.26. The second kappa shape index (κ2) is 4.81. The summed E-state index contributed by atoms with van der Waals surface area (Å²) in [5, 5.41) is 9.05. The molecule has 5 nitrogen and oxygen atoms in total. The van der Waals surface area contributed by atoms with Crippen LogP contribution in [0.2, 0.25) is 0 Å². The van der Waals surface area contributed by atoms with E-state index in [0.29, 0.717) is 19.7 Å². The SMILES string of the molecule is CCOC(=O)N1CC(CO)OC(C)(C)C1. The number of hydrogen-bond donors (Lipinski definition) is 1. The molecule has 0 saturated carbocycles. The van der Waals surface area contributed by atoms with Crippen LogP contribution in [0.5, 0.6) is 0 Å². The lowest BCUT2D eigenvalue weighted by atomic mass is 10.1. The summed E-state index contributed by atoms with van der Waals surface area (Å²) in [4.78, 5) is 13.1. The average Bonchev–Trinajstić information content (AvgIpc) is 2.15. The monoisotopic (exact) mass is 217 g/mol. The van der Waals surface area contributed by atoms with Gasteiger partial charge in [0.2, 0.25) is 0 Å².